The van der Waals surface area contributed by atoms with E-state index < -0.39 is 11.9 Å². The van der Waals surface area contributed by atoms with Crippen molar-refractivity contribution < 1.29 is 19.1 Å². The number of ether oxygens (including phenoxy) is 2. The lowest BCUT2D eigenvalue weighted by atomic mass is 10.1. The van der Waals surface area contributed by atoms with Gasteiger partial charge in [0.05, 0.1) is 44.4 Å². The number of carbonyl (C=O) groups excluding carboxylic acids is 2. The predicted octanol–water partition coefficient (Wildman–Crippen LogP) is 4.83. The zero-order valence-electron chi connectivity index (χ0n) is 28.0. The molecule has 2 saturated carbocycles. The molecule has 0 bridgehead atoms. The summed E-state index contributed by atoms with van der Waals surface area (Å²) in [7, 11) is 2.72. The van der Waals surface area contributed by atoms with E-state index >= 15 is 0 Å². The monoisotopic (exact) mass is 716 g/mol. The number of hydrogen-bond acceptors (Lipinski definition) is 10. The van der Waals surface area contributed by atoms with Crippen LogP contribution in [-0.2, 0) is 22.6 Å². The van der Waals surface area contributed by atoms with Crippen molar-refractivity contribution in [1.29, 1.82) is 0 Å². The number of anilines is 2. The van der Waals surface area contributed by atoms with Crippen molar-refractivity contribution in [2.75, 3.05) is 50.2 Å². The molecule has 0 radical (unpaired) electrons. The average molecular weight is 718 g/mol. The molecular formula is C35H41BrN8O4. The van der Waals surface area contributed by atoms with Crippen LogP contribution in [0.3, 0.4) is 0 Å². The molecule has 0 amide bonds. The second-order valence-electron chi connectivity index (χ2n) is 13.6. The number of pyridine rings is 2. The Morgan fingerprint density at radius 1 is 0.729 bits per heavy atom. The molecule has 4 aromatic heterocycles. The van der Waals surface area contributed by atoms with Gasteiger partial charge in [0.1, 0.15) is 11.6 Å². The maximum absolute atomic E-state index is 11.5. The van der Waals surface area contributed by atoms with Crippen LogP contribution < -0.4 is 9.80 Å². The molecule has 0 spiro atoms. The van der Waals surface area contributed by atoms with Gasteiger partial charge in [-0.15, -0.1) is 0 Å². The van der Waals surface area contributed by atoms with E-state index in [9.17, 15) is 9.59 Å². The van der Waals surface area contributed by atoms with E-state index in [0.29, 0.717) is 24.5 Å². The molecule has 6 heterocycles. The van der Waals surface area contributed by atoms with Crippen LogP contribution in [0.15, 0.2) is 41.7 Å². The predicted molar refractivity (Wildman–Crippen MR) is 183 cm³/mol. The van der Waals surface area contributed by atoms with Gasteiger partial charge in [0.15, 0.2) is 11.4 Å². The first-order valence-corrected chi connectivity index (χ1v) is 17.2. The number of aryl methyl sites for hydroxylation is 3. The third-order valence-corrected chi connectivity index (χ3v) is 10.6. The fraction of sp³-hybridized carbons (Fsp3) is 0.486. The number of carbonyl (C=O) groups is 2. The largest absolute Gasteiger partial charge is 0.464 e. The van der Waals surface area contributed by atoms with Crippen LogP contribution in [-0.4, -0.2) is 81.4 Å². The van der Waals surface area contributed by atoms with Crippen molar-refractivity contribution >= 4 is 39.5 Å². The number of aromatic nitrogens is 6. The van der Waals surface area contributed by atoms with Crippen molar-refractivity contribution in [3.05, 3.63) is 81.1 Å². The molecule has 0 N–H and O–H groups in total. The van der Waals surface area contributed by atoms with Crippen LogP contribution in [0, 0.1) is 44.4 Å². The minimum absolute atomic E-state index is 0.315. The summed E-state index contributed by atoms with van der Waals surface area (Å²) >= 11 is 3.68. The Hall–Kier alpha value is -4.26. The molecule has 48 heavy (non-hydrogen) atoms. The zero-order valence-corrected chi connectivity index (χ0v) is 29.6. The number of nitrogens with zero attached hydrogens (tertiary/aromatic N) is 8. The second-order valence-corrected chi connectivity index (χ2v) is 14.4. The van der Waals surface area contributed by atoms with Crippen molar-refractivity contribution in [1.82, 2.24) is 29.1 Å². The topological polar surface area (TPSA) is 121 Å². The number of halogens is 1. The Labute approximate surface area is 288 Å². The summed E-state index contributed by atoms with van der Waals surface area (Å²) in [4.78, 5) is 45.7. The zero-order chi connectivity index (χ0) is 33.7. The number of imidazole rings is 2. The van der Waals surface area contributed by atoms with Crippen LogP contribution in [0.1, 0.15) is 61.9 Å². The molecule has 8 rings (SSSR count). The first kappa shape index (κ1) is 32.3. The number of rotatable bonds is 8. The normalized spacial score (nSPS) is 21.7. The van der Waals surface area contributed by atoms with Crippen LogP contribution in [0.4, 0.5) is 11.6 Å². The van der Waals surface area contributed by atoms with E-state index in [2.05, 4.69) is 59.5 Å². The van der Waals surface area contributed by atoms with E-state index in [-0.39, 0.29) is 0 Å². The quantitative estimate of drug-likeness (QED) is 0.235. The number of esters is 2. The van der Waals surface area contributed by atoms with Gasteiger partial charge in [-0.3, -0.25) is 0 Å². The molecule has 4 aliphatic rings. The van der Waals surface area contributed by atoms with Gasteiger partial charge < -0.3 is 28.4 Å². The highest BCUT2D eigenvalue weighted by atomic mass is 79.9. The Balaban J connectivity index is 0.000000152. The van der Waals surface area contributed by atoms with Gasteiger partial charge in [-0.05, 0) is 102 Å². The molecule has 4 unspecified atom stereocenters. The molecule has 4 atom stereocenters. The van der Waals surface area contributed by atoms with Crippen LogP contribution in [0.2, 0.25) is 0 Å². The molecule has 252 valence electrons. The summed E-state index contributed by atoms with van der Waals surface area (Å²) in [5.41, 5.74) is 6.14. The van der Waals surface area contributed by atoms with Gasteiger partial charge >= 0.3 is 11.9 Å². The van der Waals surface area contributed by atoms with Gasteiger partial charge in [-0.25, -0.2) is 29.5 Å². The highest BCUT2D eigenvalue weighted by molar-refractivity contribution is 9.10. The average Bonchev–Trinajstić information content (AvgIpc) is 3.61. The molecular weight excluding hydrogens is 676 g/mol. The standard InChI is InChI=1S/C18H22N4O2.C17H19BrN4O2/c1-11-4-13(6-21-9-16(19-10-21)18(23)24-3)12(2)20-17(11)22-7-14-5-15(14)8-22;1-10-11(5-21-8-15(19-9-21)17(23)24-2)4-14(18)16(20-10)22-6-12-3-13(12)7-22/h4,9-10,14-15H,5-8H2,1-3H3;4,8-9,12-13H,3,5-7H2,1-2H3. The van der Waals surface area contributed by atoms with Crippen LogP contribution in [0.5, 0.6) is 0 Å². The Bertz CT molecular complexity index is 1720. The molecule has 13 heteroatoms. The third kappa shape index (κ3) is 6.69. The summed E-state index contributed by atoms with van der Waals surface area (Å²) in [5.74, 6) is 4.88. The lowest BCUT2D eigenvalue weighted by Crippen LogP contribution is -2.24. The second kappa shape index (κ2) is 13.0. The fourth-order valence-electron chi connectivity index (χ4n) is 7.07. The Morgan fingerprint density at radius 3 is 1.65 bits per heavy atom. The maximum Gasteiger partial charge on any atom is 0.358 e. The van der Waals surface area contributed by atoms with E-state index in [1.54, 1.807) is 25.0 Å². The smallest absolute Gasteiger partial charge is 0.358 e. The minimum Gasteiger partial charge on any atom is -0.464 e. The molecule has 2 aliphatic carbocycles. The highest BCUT2D eigenvalue weighted by Crippen LogP contribution is 2.47. The van der Waals surface area contributed by atoms with Crippen molar-refractivity contribution in [3.8, 4) is 0 Å². The molecule has 0 aromatic carbocycles. The number of hydrogen-bond donors (Lipinski definition) is 0. The molecule has 2 aliphatic heterocycles. The van der Waals surface area contributed by atoms with E-state index in [4.69, 9.17) is 14.7 Å². The van der Waals surface area contributed by atoms with Gasteiger partial charge in [-0.2, -0.15) is 0 Å². The minimum atomic E-state index is -0.423. The Kier molecular flexibility index (Phi) is 8.73. The maximum atomic E-state index is 11.5. The van der Waals surface area contributed by atoms with Crippen LogP contribution in [0.25, 0.3) is 0 Å². The van der Waals surface area contributed by atoms with Gasteiger partial charge in [0.2, 0.25) is 0 Å². The summed E-state index contributed by atoms with van der Waals surface area (Å²) < 4.78 is 14.2. The lowest BCUT2D eigenvalue weighted by molar-refractivity contribution is 0.0586. The molecule has 12 nitrogen and oxygen atoms in total. The van der Waals surface area contributed by atoms with E-state index in [1.165, 1.54) is 32.6 Å². The van der Waals surface area contributed by atoms with Crippen molar-refractivity contribution in [2.24, 2.45) is 23.7 Å². The van der Waals surface area contributed by atoms with E-state index in [1.807, 2.05) is 23.0 Å². The summed E-state index contributed by atoms with van der Waals surface area (Å²) in [6.07, 6.45) is 9.48. The summed E-state index contributed by atoms with van der Waals surface area (Å²) in [5, 5.41) is 0. The lowest BCUT2D eigenvalue weighted by Gasteiger charge is -2.22. The molecule has 4 fully saturated rings. The van der Waals surface area contributed by atoms with Gasteiger partial charge in [0.25, 0.3) is 0 Å². The summed E-state index contributed by atoms with van der Waals surface area (Å²) in [6.45, 7) is 12.0. The molecule has 4 aromatic rings. The number of fused-ring (bicyclic) bond motifs is 2. The van der Waals surface area contributed by atoms with Crippen molar-refractivity contribution in [3.63, 3.8) is 0 Å². The third-order valence-electron chi connectivity index (χ3n) is 10.1. The van der Waals surface area contributed by atoms with Crippen LogP contribution >= 0.6 is 15.9 Å². The Morgan fingerprint density at radius 2 is 1.17 bits per heavy atom. The number of piperidine rings is 2. The van der Waals surface area contributed by atoms with Gasteiger partial charge in [0, 0.05) is 50.0 Å². The summed E-state index contributed by atoms with van der Waals surface area (Å²) in [6, 6.07) is 4.33. The molecule has 2 saturated heterocycles. The number of methoxy groups -OCH3 is 2. The van der Waals surface area contributed by atoms with Gasteiger partial charge in [-0.1, -0.05) is 0 Å². The van der Waals surface area contributed by atoms with Crippen molar-refractivity contribution in [2.45, 2.75) is 46.7 Å². The first-order valence-electron chi connectivity index (χ1n) is 16.4. The highest BCUT2D eigenvalue weighted by Gasteiger charge is 2.46. The fourth-order valence-corrected chi connectivity index (χ4v) is 7.68. The first-order chi connectivity index (χ1) is 23.1. The SMILES string of the molecule is COC(=O)c1cn(Cc2cc(Br)c(N3CC4CC4C3)nc2C)cn1.COC(=O)c1cn(Cc2cc(C)c(N3CC4CC4C3)nc2C)cn1. The van der Waals surface area contributed by atoms with E-state index in [0.717, 1.165) is 88.5 Å².